The Balaban J connectivity index is 1.46. The average molecular weight is 614 g/mol. The fraction of sp³-hybridized carbons (Fsp3) is 0.412. The minimum Gasteiger partial charge on any atom is -0.461 e. The van der Waals surface area contributed by atoms with E-state index < -0.39 is 27.8 Å². The normalized spacial score (nSPS) is 21.3. The van der Waals surface area contributed by atoms with Crippen molar-refractivity contribution >= 4 is 33.2 Å². The highest BCUT2D eigenvalue weighted by molar-refractivity contribution is 6.06. The molecule has 3 fully saturated rings. The number of aliphatic hydroxyl groups is 1. The van der Waals surface area contributed by atoms with Crippen LogP contribution in [0.15, 0.2) is 36.4 Å². The molecule has 1 aromatic heterocycles. The molecule has 4 aromatic rings. The highest BCUT2D eigenvalue weighted by Crippen LogP contribution is 2.44. The van der Waals surface area contributed by atoms with E-state index in [2.05, 4.69) is 15.8 Å². The number of β-amino-alcohol motifs (C(OH)–C–C–N with tert-alkyl or cyclic N) is 1. The van der Waals surface area contributed by atoms with E-state index in [9.17, 15) is 19.6 Å². The molecular weight excluding hydrogens is 580 g/mol. The molecule has 0 amide bonds. The zero-order chi connectivity index (χ0) is 31.5. The van der Waals surface area contributed by atoms with E-state index in [-0.39, 0.29) is 56.9 Å². The maximum atomic E-state index is 17.0. The number of rotatable bonds is 6. The van der Waals surface area contributed by atoms with Gasteiger partial charge in [0.05, 0.1) is 32.6 Å². The Bertz CT molecular complexity index is 1900. The van der Waals surface area contributed by atoms with Crippen molar-refractivity contribution < 1.29 is 23.5 Å². The van der Waals surface area contributed by atoms with Gasteiger partial charge in [0.1, 0.15) is 23.8 Å². The molecule has 1 N–H and O–H groups in total. The lowest BCUT2D eigenvalue weighted by Crippen LogP contribution is -2.46. The molecule has 45 heavy (non-hydrogen) atoms. The van der Waals surface area contributed by atoms with Crippen LogP contribution in [0.3, 0.4) is 0 Å². The minimum absolute atomic E-state index is 0.0391. The van der Waals surface area contributed by atoms with Crippen molar-refractivity contribution in [3.63, 3.8) is 0 Å². The SMILES string of the molecule is C#Cc1c(F)ccc2cccc(-c3c([N+](=O)[O-])cc4c(N5CCC[C@@](C)(O)C5)nc(OCC56CCCN5CCC6)nc4c3F)c12. The van der Waals surface area contributed by atoms with Gasteiger partial charge in [-0.25, -0.2) is 8.78 Å². The van der Waals surface area contributed by atoms with Crippen LogP contribution in [-0.4, -0.2) is 68.8 Å². The van der Waals surface area contributed by atoms with Crippen LogP contribution < -0.4 is 9.64 Å². The number of anilines is 1. The summed E-state index contributed by atoms with van der Waals surface area (Å²) < 4.78 is 38.1. The molecule has 0 radical (unpaired) electrons. The van der Waals surface area contributed by atoms with E-state index in [1.54, 1.807) is 19.1 Å². The predicted molar refractivity (Wildman–Crippen MR) is 167 cm³/mol. The van der Waals surface area contributed by atoms with Crippen LogP contribution in [0.1, 0.15) is 51.0 Å². The molecule has 7 rings (SSSR count). The number of halogens is 2. The van der Waals surface area contributed by atoms with Crippen LogP contribution in [0.25, 0.3) is 32.8 Å². The predicted octanol–water partition coefficient (Wildman–Crippen LogP) is 5.98. The van der Waals surface area contributed by atoms with Gasteiger partial charge >= 0.3 is 6.01 Å². The molecule has 3 aliphatic heterocycles. The van der Waals surface area contributed by atoms with Crippen LogP contribution in [0, 0.1) is 34.1 Å². The summed E-state index contributed by atoms with van der Waals surface area (Å²) in [5.41, 5.74) is -2.23. The summed E-state index contributed by atoms with van der Waals surface area (Å²) in [5, 5.41) is 24.3. The average Bonchev–Trinajstić information content (AvgIpc) is 3.60. The molecule has 0 saturated carbocycles. The smallest absolute Gasteiger partial charge is 0.319 e. The van der Waals surface area contributed by atoms with E-state index in [1.807, 2.05) is 4.90 Å². The third-order valence-electron chi connectivity index (χ3n) is 9.73. The monoisotopic (exact) mass is 613 g/mol. The van der Waals surface area contributed by atoms with Crippen molar-refractivity contribution in [3.8, 4) is 29.5 Å². The van der Waals surface area contributed by atoms with E-state index in [1.165, 1.54) is 24.3 Å². The van der Waals surface area contributed by atoms with Gasteiger partial charge in [-0.15, -0.1) is 6.42 Å². The number of piperidine rings is 1. The number of hydrogen-bond acceptors (Lipinski definition) is 8. The molecule has 1 atom stereocenters. The first-order chi connectivity index (χ1) is 21.6. The van der Waals surface area contributed by atoms with Gasteiger partial charge in [-0.05, 0) is 70.0 Å². The molecule has 3 aromatic carbocycles. The summed E-state index contributed by atoms with van der Waals surface area (Å²) in [5.74, 6) is 0.941. The minimum atomic E-state index is -1.03. The number of aromatic nitrogens is 2. The van der Waals surface area contributed by atoms with Crippen LogP contribution in [0.5, 0.6) is 6.01 Å². The Kier molecular flexibility index (Phi) is 7.10. The number of terminal acetylenes is 1. The number of benzene rings is 3. The summed E-state index contributed by atoms with van der Waals surface area (Å²) in [6.07, 6.45) is 11.0. The van der Waals surface area contributed by atoms with Crippen molar-refractivity contribution in [1.29, 1.82) is 0 Å². The molecule has 3 saturated heterocycles. The van der Waals surface area contributed by atoms with Gasteiger partial charge in [-0.1, -0.05) is 30.2 Å². The zero-order valence-electron chi connectivity index (χ0n) is 25.0. The standard InChI is InChI=1S/C34H33F2N5O4/c1-3-22-25(35)11-10-21-8-4-9-23(27(21)22)28-26(41(43)44)18-24-30(29(28)36)37-32(38-31(24)39-15-5-12-33(2,42)19-39)45-20-34-13-6-16-40(34)17-7-14-34/h1,4,8-11,18,42H,5-7,12-17,19-20H2,2H3/t33-/m1/s1. The lowest BCUT2D eigenvalue weighted by molar-refractivity contribution is -0.384. The van der Waals surface area contributed by atoms with E-state index in [0.717, 1.165) is 38.8 Å². The molecule has 0 unspecified atom stereocenters. The van der Waals surface area contributed by atoms with Gasteiger partial charge in [-0.2, -0.15) is 9.97 Å². The van der Waals surface area contributed by atoms with Gasteiger partial charge < -0.3 is 14.7 Å². The van der Waals surface area contributed by atoms with Crippen molar-refractivity contribution in [3.05, 3.63) is 63.7 Å². The number of nitrogens with zero attached hydrogens (tertiary/aromatic N) is 5. The summed E-state index contributed by atoms with van der Waals surface area (Å²) in [6, 6.07) is 8.75. The Hall–Kier alpha value is -4.40. The maximum absolute atomic E-state index is 17.0. The zero-order valence-corrected chi connectivity index (χ0v) is 25.0. The maximum Gasteiger partial charge on any atom is 0.319 e. The number of nitro groups is 1. The van der Waals surface area contributed by atoms with Gasteiger partial charge in [0, 0.05) is 30.1 Å². The first-order valence-electron chi connectivity index (χ1n) is 15.3. The van der Waals surface area contributed by atoms with Gasteiger partial charge in [0.25, 0.3) is 5.69 Å². The summed E-state index contributed by atoms with van der Waals surface area (Å²) in [6.45, 7) is 4.77. The largest absolute Gasteiger partial charge is 0.461 e. The first-order valence-corrected chi connectivity index (χ1v) is 15.3. The van der Waals surface area contributed by atoms with Gasteiger partial charge in [-0.3, -0.25) is 15.0 Å². The quantitative estimate of drug-likeness (QED) is 0.161. The third-order valence-corrected chi connectivity index (χ3v) is 9.73. The molecule has 0 spiro atoms. The van der Waals surface area contributed by atoms with Gasteiger partial charge in [0.2, 0.25) is 0 Å². The van der Waals surface area contributed by atoms with Crippen LogP contribution in [0.4, 0.5) is 20.3 Å². The van der Waals surface area contributed by atoms with Crippen LogP contribution in [-0.2, 0) is 0 Å². The number of fused-ring (bicyclic) bond motifs is 3. The molecular formula is C34H33F2N5O4. The Morgan fingerprint density at radius 3 is 2.58 bits per heavy atom. The van der Waals surface area contributed by atoms with Crippen molar-refractivity contribution in [2.24, 2.45) is 0 Å². The summed E-state index contributed by atoms with van der Waals surface area (Å²) in [7, 11) is 0. The van der Waals surface area contributed by atoms with E-state index in [0.29, 0.717) is 31.4 Å². The molecule has 0 aliphatic carbocycles. The molecule has 3 aliphatic rings. The Labute approximate surface area is 259 Å². The molecule has 0 bridgehead atoms. The van der Waals surface area contributed by atoms with Crippen molar-refractivity contribution in [2.45, 2.75) is 56.6 Å². The molecule has 11 heteroatoms. The second-order valence-electron chi connectivity index (χ2n) is 12.8. The highest BCUT2D eigenvalue weighted by Gasteiger charge is 2.45. The molecule has 232 valence electrons. The summed E-state index contributed by atoms with van der Waals surface area (Å²) >= 11 is 0. The van der Waals surface area contributed by atoms with E-state index >= 15 is 4.39 Å². The topological polar surface area (TPSA) is 105 Å². The van der Waals surface area contributed by atoms with Crippen molar-refractivity contribution in [2.75, 3.05) is 37.7 Å². The second-order valence-corrected chi connectivity index (χ2v) is 12.8. The molecule has 9 nitrogen and oxygen atoms in total. The van der Waals surface area contributed by atoms with E-state index in [4.69, 9.17) is 16.1 Å². The Morgan fingerprint density at radius 2 is 1.87 bits per heavy atom. The lowest BCUT2D eigenvalue weighted by atomic mass is 9.92. The highest BCUT2D eigenvalue weighted by atomic mass is 19.1. The van der Waals surface area contributed by atoms with Crippen LogP contribution in [0.2, 0.25) is 0 Å². The Morgan fingerprint density at radius 1 is 1.11 bits per heavy atom. The molecule has 4 heterocycles. The first kappa shape index (κ1) is 29.3. The fourth-order valence-corrected chi connectivity index (χ4v) is 7.65. The van der Waals surface area contributed by atoms with Crippen LogP contribution >= 0.6 is 0 Å². The number of ether oxygens (including phenoxy) is 1. The van der Waals surface area contributed by atoms with Gasteiger partial charge in [0.15, 0.2) is 5.82 Å². The number of nitro benzene ring substituents is 1. The lowest BCUT2D eigenvalue weighted by Gasteiger charge is -2.38. The number of hydrogen-bond donors (Lipinski definition) is 1. The van der Waals surface area contributed by atoms with Crippen molar-refractivity contribution in [1.82, 2.24) is 14.9 Å². The third kappa shape index (κ3) is 4.93. The second kappa shape index (κ2) is 10.9. The fourth-order valence-electron chi connectivity index (χ4n) is 7.65. The summed E-state index contributed by atoms with van der Waals surface area (Å²) in [4.78, 5) is 25.3.